The molecular weight excluding hydrogens is 346 g/mol. The molecule has 3 heterocycles. The summed E-state index contributed by atoms with van der Waals surface area (Å²) in [5.74, 6) is 1.55. The minimum atomic E-state index is -0.217. The quantitative estimate of drug-likeness (QED) is 0.835. The molecule has 2 fully saturated rings. The first kappa shape index (κ1) is 17.8. The van der Waals surface area contributed by atoms with Gasteiger partial charge in [0.1, 0.15) is 5.76 Å². The highest BCUT2D eigenvalue weighted by Crippen LogP contribution is 2.36. The van der Waals surface area contributed by atoms with Crippen molar-refractivity contribution >= 4 is 11.9 Å². The van der Waals surface area contributed by atoms with Crippen LogP contribution in [0.4, 0.5) is 5.95 Å². The molecule has 1 aliphatic heterocycles. The summed E-state index contributed by atoms with van der Waals surface area (Å²) >= 11 is 0. The predicted octanol–water partition coefficient (Wildman–Crippen LogP) is 2.16. The monoisotopic (exact) mass is 371 g/mol. The smallest absolute Gasteiger partial charge is 0.273 e. The van der Waals surface area contributed by atoms with E-state index < -0.39 is 0 Å². The molecule has 2 aliphatic rings. The van der Waals surface area contributed by atoms with Gasteiger partial charge < -0.3 is 14.7 Å². The van der Waals surface area contributed by atoms with Crippen LogP contribution in [0, 0.1) is 0 Å². The largest absolute Gasteiger partial charge is 0.360 e. The summed E-state index contributed by atoms with van der Waals surface area (Å²) < 4.78 is 5.18. The van der Waals surface area contributed by atoms with Crippen LogP contribution in [0.5, 0.6) is 0 Å². The van der Waals surface area contributed by atoms with Crippen LogP contribution in [0.15, 0.2) is 21.5 Å². The third kappa shape index (κ3) is 3.74. The van der Waals surface area contributed by atoms with Crippen LogP contribution in [0.2, 0.25) is 0 Å². The van der Waals surface area contributed by atoms with Crippen LogP contribution < -0.4 is 15.8 Å². The number of aromatic amines is 1. The second-order valence-corrected chi connectivity index (χ2v) is 7.80. The Labute approximate surface area is 157 Å². The SMILES string of the molecule is CC(C)c1cc(C(=O)NC2CC(c3cc(=O)[nH]c(N4CCCC4)n3)C2)no1. The number of carbonyl (C=O) groups is 1. The van der Waals surface area contributed by atoms with Crippen molar-refractivity contribution in [2.45, 2.75) is 57.4 Å². The number of H-pyrrole nitrogens is 1. The molecule has 2 aromatic rings. The second kappa shape index (κ2) is 7.17. The fourth-order valence-electron chi connectivity index (χ4n) is 3.66. The van der Waals surface area contributed by atoms with E-state index in [1.807, 2.05) is 13.8 Å². The fourth-order valence-corrected chi connectivity index (χ4v) is 3.66. The molecule has 0 unspecified atom stereocenters. The lowest BCUT2D eigenvalue weighted by molar-refractivity contribution is 0.0898. The molecule has 0 aromatic carbocycles. The number of hydrogen-bond donors (Lipinski definition) is 2. The molecule has 0 radical (unpaired) electrons. The Morgan fingerprint density at radius 1 is 1.30 bits per heavy atom. The van der Waals surface area contributed by atoms with Gasteiger partial charge in [-0.25, -0.2) is 4.98 Å². The summed E-state index contributed by atoms with van der Waals surface area (Å²) in [5.41, 5.74) is 1.01. The van der Waals surface area contributed by atoms with Crippen molar-refractivity contribution in [3.8, 4) is 0 Å². The van der Waals surface area contributed by atoms with Gasteiger partial charge in [-0.2, -0.15) is 0 Å². The van der Waals surface area contributed by atoms with Crippen molar-refractivity contribution < 1.29 is 9.32 Å². The second-order valence-electron chi connectivity index (χ2n) is 7.80. The first-order chi connectivity index (χ1) is 13.0. The maximum Gasteiger partial charge on any atom is 0.273 e. The molecule has 0 spiro atoms. The lowest BCUT2D eigenvalue weighted by atomic mass is 9.78. The van der Waals surface area contributed by atoms with E-state index in [0.29, 0.717) is 17.4 Å². The Morgan fingerprint density at radius 2 is 2.04 bits per heavy atom. The minimum Gasteiger partial charge on any atom is -0.360 e. The van der Waals surface area contributed by atoms with Crippen LogP contribution in [0.25, 0.3) is 0 Å². The molecule has 27 heavy (non-hydrogen) atoms. The van der Waals surface area contributed by atoms with Gasteiger partial charge in [0.05, 0.1) is 5.69 Å². The van der Waals surface area contributed by atoms with Gasteiger partial charge in [-0.05, 0) is 25.7 Å². The Hall–Kier alpha value is -2.64. The molecule has 1 amide bonds. The van der Waals surface area contributed by atoms with E-state index in [0.717, 1.165) is 44.5 Å². The highest BCUT2D eigenvalue weighted by molar-refractivity contribution is 5.92. The number of nitrogens with one attached hydrogen (secondary N) is 2. The van der Waals surface area contributed by atoms with Crippen LogP contribution in [-0.2, 0) is 0 Å². The topological polar surface area (TPSA) is 104 Å². The van der Waals surface area contributed by atoms with Crippen LogP contribution >= 0.6 is 0 Å². The van der Waals surface area contributed by atoms with Gasteiger partial charge in [-0.15, -0.1) is 0 Å². The van der Waals surface area contributed by atoms with Gasteiger partial charge in [0, 0.05) is 43.1 Å². The van der Waals surface area contributed by atoms with Gasteiger partial charge in [-0.3, -0.25) is 14.6 Å². The van der Waals surface area contributed by atoms with Crippen molar-refractivity contribution in [3.05, 3.63) is 39.6 Å². The van der Waals surface area contributed by atoms with E-state index >= 15 is 0 Å². The molecule has 1 aliphatic carbocycles. The molecule has 1 saturated carbocycles. The number of rotatable bonds is 5. The zero-order valence-corrected chi connectivity index (χ0v) is 15.7. The predicted molar refractivity (Wildman–Crippen MR) is 100 cm³/mol. The van der Waals surface area contributed by atoms with Crippen molar-refractivity contribution in [2.24, 2.45) is 0 Å². The average molecular weight is 371 g/mol. The first-order valence-electron chi connectivity index (χ1n) is 9.63. The average Bonchev–Trinajstić information content (AvgIpc) is 3.28. The highest BCUT2D eigenvalue weighted by atomic mass is 16.5. The maximum absolute atomic E-state index is 12.3. The van der Waals surface area contributed by atoms with Crippen LogP contribution in [0.1, 0.15) is 73.3 Å². The number of nitrogens with zero attached hydrogens (tertiary/aromatic N) is 3. The maximum atomic E-state index is 12.3. The summed E-state index contributed by atoms with van der Waals surface area (Å²) in [4.78, 5) is 33.9. The zero-order chi connectivity index (χ0) is 19.0. The van der Waals surface area contributed by atoms with Gasteiger partial charge in [0.2, 0.25) is 5.95 Å². The molecule has 0 atom stereocenters. The summed E-state index contributed by atoms with van der Waals surface area (Å²) in [6.07, 6.45) is 3.81. The van der Waals surface area contributed by atoms with E-state index in [-0.39, 0.29) is 29.3 Å². The van der Waals surface area contributed by atoms with E-state index in [4.69, 9.17) is 4.52 Å². The van der Waals surface area contributed by atoms with Crippen LogP contribution in [-0.4, -0.2) is 40.2 Å². The van der Waals surface area contributed by atoms with E-state index in [1.165, 1.54) is 0 Å². The van der Waals surface area contributed by atoms with Crippen LogP contribution in [0.3, 0.4) is 0 Å². The molecule has 0 bridgehead atoms. The Bertz CT molecular complexity index is 875. The number of anilines is 1. The third-order valence-corrected chi connectivity index (χ3v) is 5.38. The summed E-state index contributed by atoms with van der Waals surface area (Å²) in [6.45, 7) is 5.85. The normalized spacial score (nSPS) is 22.1. The van der Waals surface area contributed by atoms with Gasteiger partial charge in [-0.1, -0.05) is 19.0 Å². The van der Waals surface area contributed by atoms with Gasteiger partial charge >= 0.3 is 0 Å². The molecular formula is C19H25N5O3. The number of hydrogen-bond acceptors (Lipinski definition) is 6. The number of carbonyl (C=O) groups excluding carboxylic acids is 1. The van der Waals surface area contributed by atoms with Crippen molar-refractivity contribution in [3.63, 3.8) is 0 Å². The van der Waals surface area contributed by atoms with E-state index in [9.17, 15) is 9.59 Å². The van der Waals surface area contributed by atoms with Crippen molar-refractivity contribution in [1.82, 2.24) is 20.4 Å². The summed E-state index contributed by atoms with van der Waals surface area (Å²) in [7, 11) is 0. The lowest BCUT2D eigenvalue weighted by Gasteiger charge is -2.35. The zero-order valence-electron chi connectivity index (χ0n) is 15.7. The third-order valence-electron chi connectivity index (χ3n) is 5.38. The molecule has 2 aromatic heterocycles. The molecule has 2 N–H and O–H groups in total. The highest BCUT2D eigenvalue weighted by Gasteiger charge is 2.34. The standard InChI is InChI=1S/C19H25N5O3/c1-11(2)16-9-15(23-27-16)18(26)20-13-7-12(8-13)14-10-17(25)22-19(21-14)24-5-3-4-6-24/h9-13H,3-8H2,1-2H3,(H,20,26)(H,21,22,25). The molecule has 144 valence electrons. The van der Waals surface area contributed by atoms with Crippen molar-refractivity contribution in [2.75, 3.05) is 18.0 Å². The number of amides is 1. The molecule has 4 rings (SSSR count). The van der Waals surface area contributed by atoms with Gasteiger partial charge in [0.25, 0.3) is 11.5 Å². The van der Waals surface area contributed by atoms with Crippen molar-refractivity contribution in [1.29, 1.82) is 0 Å². The van der Waals surface area contributed by atoms with E-state index in [2.05, 4.69) is 25.3 Å². The Morgan fingerprint density at radius 3 is 2.70 bits per heavy atom. The van der Waals surface area contributed by atoms with E-state index in [1.54, 1.807) is 12.1 Å². The molecule has 8 nitrogen and oxygen atoms in total. The fraction of sp³-hybridized carbons (Fsp3) is 0.579. The van der Waals surface area contributed by atoms with Gasteiger partial charge in [0.15, 0.2) is 5.69 Å². The minimum absolute atomic E-state index is 0.0676. The summed E-state index contributed by atoms with van der Waals surface area (Å²) in [6, 6.07) is 3.34. The lowest BCUT2D eigenvalue weighted by Crippen LogP contribution is -2.44. The Kier molecular flexibility index (Phi) is 4.72. The molecule has 1 saturated heterocycles. The Balaban J connectivity index is 1.36. The molecule has 8 heteroatoms. The number of aromatic nitrogens is 3. The summed E-state index contributed by atoms with van der Waals surface area (Å²) in [5, 5.41) is 6.83. The first-order valence-corrected chi connectivity index (χ1v) is 9.63.